The number of ether oxygens (including phenoxy) is 2. The van der Waals surface area contributed by atoms with Crippen LogP contribution >= 0.6 is 0 Å². The first kappa shape index (κ1) is 19.7. The van der Waals surface area contributed by atoms with Crippen molar-refractivity contribution in [1.82, 2.24) is 4.90 Å². The first-order valence-electron chi connectivity index (χ1n) is 8.49. The third kappa shape index (κ3) is 7.20. The highest BCUT2D eigenvalue weighted by Gasteiger charge is 2.15. The van der Waals surface area contributed by atoms with E-state index in [9.17, 15) is 5.11 Å². The van der Waals surface area contributed by atoms with Gasteiger partial charge in [-0.2, -0.15) is 0 Å². The molecule has 0 amide bonds. The van der Waals surface area contributed by atoms with E-state index in [1.807, 2.05) is 30.1 Å². The quantitative estimate of drug-likeness (QED) is 0.618. The van der Waals surface area contributed by atoms with E-state index in [2.05, 4.69) is 13.8 Å². The topological polar surface area (TPSA) is 62.2 Å². The molecule has 0 radical (unpaired) electrons. The van der Waals surface area contributed by atoms with Crippen LogP contribution in [0.5, 0.6) is 11.5 Å². The number of hydrogen-bond donors (Lipinski definition) is 2. The van der Waals surface area contributed by atoms with Crippen LogP contribution in [0.25, 0.3) is 0 Å². The van der Waals surface area contributed by atoms with Gasteiger partial charge in [-0.25, -0.2) is 0 Å². The normalized spacial score (nSPS) is 12.4. The Bertz CT molecular complexity index is 439. The van der Waals surface area contributed by atoms with E-state index < -0.39 is 6.10 Å². The van der Waals surface area contributed by atoms with E-state index in [0.717, 1.165) is 24.2 Å². The van der Waals surface area contributed by atoms with Gasteiger partial charge in [-0.3, -0.25) is 0 Å². The minimum Gasteiger partial charge on any atom is -0.493 e. The Balaban J connectivity index is 2.76. The maximum absolute atomic E-state index is 10.5. The van der Waals surface area contributed by atoms with Crippen LogP contribution < -0.4 is 9.47 Å². The molecule has 5 nitrogen and oxygen atoms in total. The summed E-state index contributed by atoms with van der Waals surface area (Å²) >= 11 is 0. The Morgan fingerprint density at radius 1 is 1.09 bits per heavy atom. The largest absolute Gasteiger partial charge is 0.493 e. The molecule has 0 aromatic heterocycles. The molecule has 2 N–H and O–H groups in total. The molecule has 132 valence electrons. The van der Waals surface area contributed by atoms with Crippen LogP contribution in [0.3, 0.4) is 0 Å². The fourth-order valence-corrected chi connectivity index (χ4v) is 2.22. The minimum atomic E-state index is -0.594. The average molecular weight is 325 g/mol. The van der Waals surface area contributed by atoms with Gasteiger partial charge in [0.2, 0.25) is 0 Å². The highest BCUT2D eigenvalue weighted by molar-refractivity contribution is 5.42. The Hall–Kier alpha value is -1.30. The van der Waals surface area contributed by atoms with Crippen LogP contribution in [-0.2, 0) is 0 Å². The molecule has 0 bridgehead atoms. The Morgan fingerprint density at radius 2 is 1.78 bits per heavy atom. The minimum absolute atomic E-state index is 0.126. The van der Waals surface area contributed by atoms with Crippen LogP contribution in [0.15, 0.2) is 18.2 Å². The van der Waals surface area contributed by atoms with Crippen LogP contribution in [0.1, 0.15) is 44.8 Å². The smallest absolute Gasteiger partial charge is 0.128 e. The van der Waals surface area contributed by atoms with E-state index in [-0.39, 0.29) is 6.61 Å². The monoisotopic (exact) mass is 325 g/mol. The fraction of sp³-hybridized carbons (Fsp3) is 0.667. The molecule has 0 saturated carbocycles. The molecule has 0 aliphatic rings. The number of nitrogens with zero attached hydrogens (tertiary/aromatic N) is 1. The summed E-state index contributed by atoms with van der Waals surface area (Å²) in [6.45, 7) is 6.84. The first-order valence-corrected chi connectivity index (χ1v) is 8.49. The molecule has 0 aliphatic heterocycles. The lowest BCUT2D eigenvalue weighted by atomic mass is 10.0. The van der Waals surface area contributed by atoms with Crippen molar-refractivity contribution in [2.24, 2.45) is 0 Å². The molecule has 0 saturated heterocycles. The third-order valence-corrected chi connectivity index (χ3v) is 3.54. The average Bonchev–Trinajstić information content (AvgIpc) is 2.56. The van der Waals surface area contributed by atoms with Gasteiger partial charge < -0.3 is 24.6 Å². The van der Waals surface area contributed by atoms with Gasteiger partial charge >= 0.3 is 0 Å². The maximum atomic E-state index is 10.5. The van der Waals surface area contributed by atoms with Gasteiger partial charge in [-0.15, -0.1) is 0 Å². The van der Waals surface area contributed by atoms with Gasteiger partial charge in [0.1, 0.15) is 11.5 Å². The molecule has 5 heteroatoms. The van der Waals surface area contributed by atoms with Crippen molar-refractivity contribution < 1.29 is 19.7 Å². The predicted octanol–water partition coefficient (Wildman–Crippen LogP) is 2.61. The van der Waals surface area contributed by atoms with Gasteiger partial charge in [0.25, 0.3) is 0 Å². The zero-order valence-corrected chi connectivity index (χ0v) is 14.6. The summed E-state index contributed by atoms with van der Waals surface area (Å²) in [7, 11) is 1.93. The molecule has 1 atom stereocenters. The molecule has 0 aliphatic carbocycles. The van der Waals surface area contributed by atoms with Crippen molar-refractivity contribution in [2.75, 3.05) is 40.0 Å². The SMILES string of the molecule is CCCOc1ccc(C(O)CCN(C)CCO)c(OCCC)c1. The summed E-state index contributed by atoms with van der Waals surface area (Å²) < 4.78 is 11.4. The second-order valence-corrected chi connectivity index (χ2v) is 5.73. The van der Waals surface area contributed by atoms with Crippen LogP contribution in [0.2, 0.25) is 0 Å². The van der Waals surface area contributed by atoms with Crippen molar-refractivity contribution >= 4 is 0 Å². The molecule has 1 aromatic carbocycles. The maximum Gasteiger partial charge on any atom is 0.128 e. The van der Waals surface area contributed by atoms with Crippen LogP contribution in [-0.4, -0.2) is 55.1 Å². The summed E-state index contributed by atoms with van der Waals surface area (Å²) in [4.78, 5) is 1.99. The van der Waals surface area contributed by atoms with Crippen molar-refractivity contribution in [2.45, 2.75) is 39.2 Å². The van der Waals surface area contributed by atoms with Crippen molar-refractivity contribution in [1.29, 1.82) is 0 Å². The Kier molecular flexibility index (Phi) is 9.67. The lowest BCUT2D eigenvalue weighted by Gasteiger charge is -2.20. The second kappa shape index (κ2) is 11.3. The van der Waals surface area contributed by atoms with Crippen molar-refractivity contribution in [3.05, 3.63) is 23.8 Å². The highest BCUT2D eigenvalue weighted by Crippen LogP contribution is 2.31. The summed E-state index contributed by atoms with van der Waals surface area (Å²) in [5.74, 6) is 1.46. The van der Waals surface area contributed by atoms with E-state index >= 15 is 0 Å². The third-order valence-electron chi connectivity index (χ3n) is 3.54. The van der Waals surface area contributed by atoms with Gasteiger partial charge in [0.05, 0.1) is 25.9 Å². The number of aliphatic hydroxyl groups excluding tert-OH is 2. The molecule has 1 unspecified atom stereocenters. The lowest BCUT2D eigenvalue weighted by Crippen LogP contribution is -2.24. The number of hydrogen-bond acceptors (Lipinski definition) is 5. The van der Waals surface area contributed by atoms with E-state index in [0.29, 0.717) is 38.5 Å². The van der Waals surface area contributed by atoms with E-state index in [4.69, 9.17) is 14.6 Å². The standard InChI is InChI=1S/C18H31NO4/c1-4-12-22-15-6-7-16(18(14-15)23-13-5-2)17(21)8-9-19(3)10-11-20/h6-7,14,17,20-21H,4-5,8-13H2,1-3H3. The van der Waals surface area contributed by atoms with Crippen LogP contribution in [0.4, 0.5) is 0 Å². The molecule has 0 heterocycles. The number of rotatable bonds is 12. The van der Waals surface area contributed by atoms with Crippen molar-refractivity contribution in [3.63, 3.8) is 0 Å². The molecule has 0 spiro atoms. The number of aliphatic hydroxyl groups is 2. The summed E-state index contributed by atoms with van der Waals surface area (Å²) in [6.07, 6.45) is 1.86. The van der Waals surface area contributed by atoms with E-state index in [1.54, 1.807) is 0 Å². The molecular formula is C18H31NO4. The summed E-state index contributed by atoms with van der Waals surface area (Å²) in [5, 5.41) is 19.4. The molecule has 1 rings (SSSR count). The fourth-order valence-electron chi connectivity index (χ4n) is 2.22. The Morgan fingerprint density at radius 3 is 2.43 bits per heavy atom. The van der Waals surface area contributed by atoms with Gasteiger partial charge in [-0.1, -0.05) is 13.8 Å². The molecule has 23 heavy (non-hydrogen) atoms. The van der Waals surface area contributed by atoms with Gasteiger partial charge in [0.15, 0.2) is 0 Å². The van der Waals surface area contributed by atoms with E-state index in [1.165, 1.54) is 0 Å². The number of benzene rings is 1. The lowest BCUT2D eigenvalue weighted by molar-refractivity contribution is 0.137. The number of likely N-dealkylation sites (N-methyl/N-ethyl adjacent to an activating group) is 1. The second-order valence-electron chi connectivity index (χ2n) is 5.73. The van der Waals surface area contributed by atoms with Gasteiger partial charge in [-0.05, 0) is 38.4 Å². The van der Waals surface area contributed by atoms with Crippen molar-refractivity contribution in [3.8, 4) is 11.5 Å². The summed E-state index contributed by atoms with van der Waals surface area (Å²) in [5.41, 5.74) is 0.791. The predicted molar refractivity (Wildman–Crippen MR) is 92.2 cm³/mol. The van der Waals surface area contributed by atoms with Crippen LogP contribution in [0, 0.1) is 0 Å². The molecule has 1 aromatic rings. The summed E-state index contributed by atoms with van der Waals surface area (Å²) in [6, 6.07) is 5.62. The first-order chi connectivity index (χ1) is 11.1. The molecule has 0 fully saturated rings. The Labute approximate surface area is 139 Å². The zero-order chi connectivity index (χ0) is 17.1. The molecular weight excluding hydrogens is 294 g/mol. The highest BCUT2D eigenvalue weighted by atomic mass is 16.5. The zero-order valence-electron chi connectivity index (χ0n) is 14.6. The van der Waals surface area contributed by atoms with Gasteiger partial charge in [0, 0.05) is 24.7 Å².